The Kier molecular flexibility index (Phi) is 5.67. The third-order valence-electron chi connectivity index (χ3n) is 2.91. The highest BCUT2D eigenvalue weighted by atomic mass is 14.2. The van der Waals surface area contributed by atoms with Crippen molar-refractivity contribution in [2.45, 2.75) is 67.2 Å². The molecule has 0 nitrogen and oxygen atoms in total. The zero-order chi connectivity index (χ0) is 10.5. The Morgan fingerprint density at radius 3 is 1.85 bits per heavy atom. The van der Waals surface area contributed by atoms with Gasteiger partial charge in [0.2, 0.25) is 0 Å². The Morgan fingerprint density at radius 2 is 1.54 bits per heavy atom. The average Bonchev–Trinajstić information content (AvgIpc) is 2.00. The molecule has 0 aliphatic carbocycles. The van der Waals surface area contributed by atoms with Crippen molar-refractivity contribution in [2.24, 2.45) is 17.3 Å². The molecule has 80 valence electrons. The summed E-state index contributed by atoms with van der Waals surface area (Å²) in [4.78, 5) is 0. The molecular formula is C13H28. The summed E-state index contributed by atoms with van der Waals surface area (Å²) in [5.41, 5.74) is 0.508. The van der Waals surface area contributed by atoms with Crippen LogP contribution in [-0.2, 0) is 0 Å². The molecule has 0 spiro atoms. The van der Waals surface area contributed by atoms with E-state index in [1.165, 1.54) is 25.7 Å². The maximum absolute atomic E-state index is 2.38. The number of rotatable bonds is 5. The molecule has 2 unspecified atom stereocenters. The van der Waals surface area contributed by atoms with E-state index in [-0.39, 0.29) is 0 Å². The van der Waals surface area contributed by atoms with E-state index in [0.717, 1.165) is 11.8 Å². The Balaban J connectivity index is 3.89. The van der Waals surface area contributed by atoms with Crippen LogP contribution in [0.5, 0.6) is 0 Å². The van der Waals surface area contributed by atoms with E-state index in [1.807, 2.05) is 0 Å². The highest BCUT2D eigenvalue weighted by molar-refractivity contribution is 4.70. The van der Waals surface area contributed by atoms with Gasteiger partial charge in [-0.15, -0.1) is 0 Å². The van der Waals surface area contributed by atoms with Crippen molar-refractivity contribution in [3.8, 4) is 0 Å². The first kappa shape index (κ1) is 13.0. The SMILES string of the molecule is CCC(C)CC(CC)CC(C)(C)C. The van der Waals surface area contributed by atoms with Crippen molar-refractivity contribution < 1.29 is 0 Å². The summed E-state index contributed by atoms with van der Waals surface area (Å²) in [6, 6.07) is 0. The Morgan fingerprint density at radius 1 is 1.00 bits per heavy atom. The maximum atomic E-state index is 2.38. The predicted molar refractivity (Wildman–Crippen MR) is 61.9 cm³/mol. The van der Waals surface area contributed by atoms with Crippen molar-refractivity contribution in [3.63, 3.8) is 0 Å². The van der Waals surface area contributed by atoms with E-state index in [1.54, 1.807) is 0 Å². The van der Waals surface area contributed by atoms with Gasteiger partial charge >= 0.3 is 0 Å². The maximum Gasteiger partial charge on any atom is -0.0380 e. The van der Waals surface area contributed by atoms with Gasteiger partial charge in [-0.05, 0) is 30.1 Å². The molecule has 0 rings (SSSR count). The second-order valence-corrected chi connectivity index (χ2v) is 5.79. The summed E-state index contributed by atoms with van der Waals surface area (Å²) in [5, 5.41) is 0. The molecule has 0 heteroatoms. The van der Waals surface area contributed by atoms with E-state index < -0.39 is 0 Å². The second-order valence-electron chi connectivity index (χ2n) is 5.79. The molecule has 0 aliphatic rings. The standard InChI is InChI=1S/C13H28/c1-7-11(3)9-12(8-2)10-13(4,5)6/h11-12H,7-10H2,1-6H3. The van der Waals surface area contributed by atoms with E-state index in [0.29, 0.717) is 5.41 Å². The highest BCUT2D eigenvalue weighted by Gasteiger charge is 2.18. The molecule has 0 aromatic rings. The van der Waals surface area contributed by atoms with Crippen molar-refractivity contribution in [1.82, 2.24) is 0 Å². The van der Waals surface area contributed by atoms with E-state index in [2.05, 4.69) is 41.5 Å². The zero-order valence-electron chi connectivity index (χ0n) is 10.5. The van der Waals surface area contributed by atoms with Crippen LogP contribution < -0.4 is 0 Å². The van der Waals surface area contributed by atoms with Crippen molar-refractivity contribution in [3.05, 3.63) is 0 Å². The van der Waals surface area contributed by atoms with Gasteiger partial charge in [0.25, 0.3) is 0 Å². The number of hydrogen-bond donors (Lipinski definition) is 0. The minimum absolute atomic E-state index is 0.508. The van der Waals surface area contributed by atoms with Crippen LogP contribution in [0.4, 0.5) is 0 Å². The first-order valence-corrected chi connectivity index (χ1v) is 5.89. The monoisotopic (exact) mass is 184 g/mol. The lowest BCUT2D eigenvalue weighted by Gasteiger charge is -2.26. The van der Waals surface area contributed by atoms with Crippen LogP contribution in [0.15, 0.2) is 0 Å². The van der Waals surface area contributed by atoms with Crippen LogP contribution in [0.25, 0.3) is 0 Å². The van der Waals surface area contributed by atoms with Crippen molar-refractivity contribution in [1.29, 1.82) is 0 Å². The fourth-order valence-corrected chi connectivity index (χ4v) is 2.00. The summed E-state index contributed by atoms with van der Waals surface area (Å²) in [7, 11) is 0. The number of hydrogen-bond acceptors (Lipinski definition) is 0. The van der Waals surface area contributed by atoms with Gasteiger partial charge in [0.15, 0.2) is 0 Å². The first-order chi connectivity index (χ1) is 5.89. The molecule has 0 aromatic carbocycles. The topological polar surface area (TPSA) is 0 Å². The molecule has 0 aliphatic heterocycles. The largest absolute Gasteiger partial charge is 0.0651 e. The highest BCUT2D eigenvalue weighted by Crippen LogP contribution is 2.30. The summed E-state index contributed by atoms with van der Waals surface area (Å²) in [6.45, 7) is 14.1. The lowest BCUT2D eigenvalue weighted by molar-refractivity contribution is 0.250. The van der Waals surface area contributed by atoms with Crippen LogP contribution in [0, 0.1) is 17.3 Å². The summed E-state index contributed by atoms with van der Waals surface area (Å²) >= 11 is 0. The average molecular weight is 184 g/mol. The molecule has 2 atom stereocenters. The molecule has 0 heterocycles. The first-order valence-electron chi connectivity index (χ1n) is 5.89. The minimum atomic E-state index is 0.508. The van der Waals surface area contributed by atoms with Gasteiger partial charge in [0.1, 0.15) is 0 Å². The van der Waals surface area contributed by atoms with Gasteiger partial charge in [0.05, 0.1) is 0 Å². The van der Waals surface area contributed by atoms with Crippen molar-refractivity contribution >= 4 is 0 Å². The fourth-order valence-electron chi connectivity index (χ4n) is 2.00. The molecule has 0 fully saturated rings. The lowest BCUT2D eigenvalue weighted by atomic mass is 9.79. The molecule has 0 aromatic heterocycles. The Hall–Kier alpha value is 0. The Labute approximate surface area is 85.1 Å². The van der Waals surface area contributed by atoms with Gasteiger partial charge in [0, 0.05) is 0 Å². The van der Waals surface area contributed by atoms with Crippen LogP contribution in [0.1, 0.15) is 67.2 Å². The van der Waals surface area contributed by atoms with Gasteiger partial charge < -0.3 is 0 Å². The summed E-state index contributed by atoms with van der Waals surface area (Å²) in [6.07, 6.45) is 5.49. The molecule has 13 heavy (non-hydrogen) atoms. The molecule has 0 bridgehead atoms. The molecule has 0 saturated heterocycles. The second kappa shape index (κ2) is 5.67. The summed E-state index contributed by atoms with van der Waals surface area (Å²) < 4.78 is 0. The van der Waals surface area contributed by atoms with E-state index >= 15 is 0 Å². The minimum Gasteiger partial charge on any atom is -0.0651 e. The van der Waals surface area contributed by atoms with Gasteiger partial charge in [-0.3, -0.25) is 0 Å². The van der Waals surface area contributed by atoms with Gasteiger partial charge in [-0.2, -0.15) is 0 Å². The fraction of sp³-hybridized carbons (Fsp3) is 1.00. The molecule has 0 N–H and O–H groups in total. The predicted octanol–water partition coefficient (Wildman–Crippen LogP) is 4.89. The van der Waals surface area contributed by atoms with Crippen LogP contribution in [0.2, 0.25) is 0 Å². The normalized spacial score (nSPS) is 17.1. The third kappa shape index (κ3) is 7.10. The van der Waals surface area contributed by atoms with Crippen LogP contribution in [0.3, 0.4) is 0 Å². The lowest BCUT2D eigenvalue weighted by Crippen LogP contribution is -2.15. The van der Waals surface area contributed by atoms with E-state index in [9.17, 15) is 0 Å². The van der Waals surface area contributed by atoms with E-state index in [4.69, 9.17) is 0 Å². The quantitative estimate of drug-likeness (QED) is 0.571. The molecule has 0 saturated carbocycles. The van der Waals surface area contributed by atoms with Crippen LogP contribution in [-0.4, -0.2) is 0 Å². The van der Waals surface area contributed by atoms with Crippen molar-refractivity contribution in [2.75, 3.05) is 0 Å². The van der Waals surface area contributed by atoms with Gasteiger partial charge in [-0.1, -0.05) is 54.4 Å². The molecular weight excluding hydrogens is 156 g/mol. The molecule has 0 radical (unpaired) electrons. The van der Waals surface area contributed by atoms with Crippen LogP contribution >= 0.6 is 0 Å². The van der Waals surface area contributed by atoms with Gasteiger partial charge in [-0.25, -0.2) is 0 Å². The summed E-state index contributed by atoms with van der Waals surface area (Å²) in [5.74, 6) is 1.85. The molecule has 0 amide bonds. The third-order valence-corrected chi connectivity index (χ3v) is 2.91. The Bertz CT molecular complexity index is 118. The smallest absolute Gasteiger partial charge is 0.0380 e. The zero-order valence-corrected chi connectivity index (χ0v) is 10.5.